The summed E-state index contributed by atoms with van der Waals surface area (Å²) >= 11 is 1.80. The summed E-state index contributed by atoms with van der Waals surface area (Å²) in [5, 5.41) is 8.85. The van der Waals surface area contributed by atoms with E-state index in [0.717, 1.165) is 32.1 Å². The largest absolute Gasteiger partial charge is 0.454 e. The maximum absolute atomic E-state index is 11.1. The summed E-state index contributed by atoms with van der Waals surface area (Å²) in [5.41, 5.74) is 5.22. The number of nitrogens with two attached hydrogens (primary N) is 1. The number of nitrogens with one attached hydrogen (secondary N) is 2. The minimum atomic E-state index is -0.570. The van der Waals surface area contributed by atoms with Crippen molar-refractivity contribution in [3.05, 3.63) is 46.0 Å². The highest BCUT2D eigenvalue weighted by molar-refractivity contribution is 7.10. The maximum atomic E-state index is 11.1. The molecule has 1 aliphatic rings. The van der Waals surface area contributed by atoms with Crippen LogP contribution in [0.4, 0.5) is 0 Å². The number of furan rings is 1. The van der Waals surface area contributed by atoms with Crippen LogP contribution in [0.2, 0.25) is 0 Å². The highest BCUT2D eigenvalue weighted by Crippen LogP contribution is 2.27. The standard InChI is InChI=1S/C19H27N5O2S/c1-2-21-19(22-12-14-7-8-16(26-14)18(20)25)23-13-15(17-6-5-11-27-17)24-9-3-4-10-24/h5-8,11,15H,2-4,9-10,12-13H2,1H3,(H2,20,25)(H2,21,22,23). The third kappa shape index (κ3) is 5.33. The molecule has 7 nitrogen and oxygen atoms in total. The molecule has 0 saturated carbocycles. The van der Waals surface area contributed by atoms with Crippen LogP contribution in [0.5, 0.6) is 0 Å². The third-order valence-electron chi connectivity index (χ3n) is 4.56. The van der Waals surface area contributed by atoms with Gasteiger partial charge in [0.1, 0.15) is 12.3 Å². The van der Waals surface area contributed by atoms with E-state index in [1.165, 1.54) is 17.7 Å². The minimum Gasteiger partial charge on any atom is -0.454 e. The van der Waals surface area contributed by atoms with Gasteiger partial charge in [-0.05, 0) is 56.4 Å². The van der Waals surface area contributed by atoms with E-state index in [-0.39, 0.29) is 5.76 Å². The summed E-state index contributed by atoms with van der Waals surface area (Å²) in [6.45, 7) is 6.21. The Labute approximate surface area is 163 Å². The van der Waals surface area contributed by atoms with Crippen LogP contribution in [0.25, 0.3) is 0 Å². The third-order valence-corrected chi connectivity index (χ3v) is 5.53. The Morgan fingerprint density at radius 3 is 2.78 bits per heavy atom. The Hall–Kier alpha value is -2.32. The van der Waals surface area contributed by atoms with Crippen molar-refractivity contribution in [3.63, 3.8) is 0 Å². The van der Waals surface area contributed by atoms with E-state index in [4.69, 9.17) is 10.2 Å². The van der Waals surface area contributed by atoms with Crippen molar-refractivity contribution >= 4 is 23.2 Å². The van der Waals surface area contributed by atoms with Crippen LogP contribution in [0.15, 0.2) is 39.1 Å². The second-order valence-electron chi connectivity index (χ2n) is 6.48. The summed E-state index contributed by atoms with van der Waals surface area (Å²) in [5.74, 6) is 0.926. The summed E-state index contributed by atoms with van der Waals surface area (Å²) < 4.78 is 5.40. The number of hydrogen-bond acceptors (Lipinski definition) is 5. The maximum Gasteiger partial charge on any atom is 0.284 e. The normalized spacial score (nSPS) is 16.4. The zero-order valence-electron chi connectivity index (χ0n) is 15.6. The molecule has 8 heteroatoms. The van der Waals surface area contributed by atoms with Crippen LogP contribution >= 0.6 is 11.3 Å². The van der Waals surface area contributed by atoms with E-state index in [2.05, 4.69) is 38.0 Å². The van der Waals surface area contributed by atoms with E-state index in [1.807, 2.05) is 6.92 Å². The van der Waals surface area contributed by atoms with Crippen LogP contribution in [0.3, 0.4) is 0 Å². The molecule has 146 valence electrons. The number of likely N-dealkylation sites (tertiary alicyclic amines) is 1. The fraction of sp³-hybridized carbons (Fsp3) is 0.474. The van der Waals surface area contributed by atoms with Crippen molar-refractivity contribution in [2.75, 3.05) is 26.2 Å². The summed E-state index contributed by atoms with van der Waals surface area (Å²) in [6, 6.07) is 7.96. The molecule has 1 aliphatic heterocycles. The molecule has 0 aliphatic carbocycles. The second kappa shape index (κ2) is 9.57. The van der Waals surface area contributed by atoms with Crippen LogP contribution < -0.4 is 16.4 Å². The number of guanidine groups is 1. The molecule has 3 heterocycles. The van der Waals surface area contributed by atoms with Gasteiger partial charge in [-0.2, -0.15) is 0 Å². The quantitative estimate of drug-likeness (QED) is 0.476. The number of nitrogens with zero attached hydrogens (tertiary/aromatic N) is 2. The highest BCUT2D eigenvalue weighted by atomic mass is 32.1. The SMILES string of the molecule is CCNC(=NCc1ccc(C(N)=O)o1)NCC(c1cccs1)N1CCCC1. The van der Waals surface area contributed by atoms with Crippen molar-refractivity contribution in [2.45, 2.75) is 32.4 Å². The molecule has 0 radical (unpaired) electrons. The lowest BCUT2D eigenvalue weighted by Crippen LogP contribution is -2.42. The van der Waals surface area contributed by atoms with Gasteiger partial charge in [0.15, 0.2) is 11.7 Å². The topological polar surface area (TPSA) is 95.9 Å². The van der Waals surface area contributed by atoms with Crippen LogP contribution in [0.1, 0.15) is 47.0 Å². The zero-order valence-corrected chi connectivity index (χ0v) is 16.4. The van der Waals surface area contributed by atoms with Gasteiger partial charge in [0.05, 0.1) is 6.04 Å². The first-order valence-electron chi connectivity index (χ1n) is 9.35. The first kappa shape index (κ1) is 19.4. The van der Waals surface area contributed by atoms with Crippen molar-refractivity contribution in [1.29, 1.82) is 0 Å². The Morgan fingerprint density at radius 1 is 1.33 bits per heavy atom. The predicted octanol–water partition coefficient (Wildman–Crippen LogP) is 2.33. The predicted molar refractivity (Wildman–Crippen MR) is 108 cm³/mol. The highest BCUT2D eigenvalue weighted by Gasteiger charge is 2.24. The second-order valence-corrected chi connectivity index (χ2v) is 7.46. The number of hydrogen-bond donors (Lipinski definition) is 3. The van der Waals surface area contributed by atoms with Gasteiger partial charge in [-0.15, -0.1) is 11.3 Å². The number of carbonyl (C=O) groups excluding carboxylic acids is 1. The molecule has 27 heavy (non-hydrogen) atoms. The summed E-state index contributed by atoms with van der Waals surface area (Å²) in [4.78, 5) is 19.6. The lowest BCUT2D eigenvalue weighted by atomic mass is 10.2. The van der Waals surface area contributed by atoms with Gasteiger partial charge in [0.25, 0.3) is 5.91 Å². The number of thiophene rings is 1. The molecule has 4 N–H and O–H groups in total. The zero-order chi connectivity index (χ0) is 19.1. The Morgan fingerprint density at radius 2 is 2.15 bits per heavy atom. The van der Waals surface area contributed by atoms with E-state index < -0.39 is 5.91 Å². The number of amides is 1. The molecule has 0 spiro atoms. The average Bonchev–Trinajstić information content (AvgIpc) is 3.42. The van der Waals surface area contributed by atoms with Gasteiger partial charge in [0.2, 0.25) is 0 Å². The smallest absolute Gasteiger partial charge is 0.284 e. The molecule has 0 aromatic carbocycles. The fourth-order valence-electron chi connectivity index (χ4n) is 3.23. The van der Waals surface area contributed by atoms with E-state index in [9.17, 15) is 4.79 Å². The summed E-state index contributed by atoms with van der Waals surface area (Å²) in [6.07, 6.45) is 2.52. The lowest BCUT2D eigenvalue weighted by Gasteiger charge is -2.27. The molecule has 1 unspecified atom stereocenters. The monoisotopic (exact) mass is 389 g/mol. The van der Waals surface area contributed by atoms with Crippen LogP contribution in [-0.2, 0) is 6.54 Å². The number of aliphatic imine (C=N–C) groups is 1. The molecule has 1 atom stereocenters. The van der Waals surface area contributed by atoms with E-state index in [1.54, 1.807) is 23.5 Å². The minimum absolute atomic E-state index is 0.157. The van der Waals surface area contributed by atoms with Crippen molar-refractivity contribution in [3.8, 4) is 0 Å². The first-order chi connectivity index (χ1) is 13.2. The van der Waals surface area contributed by atoms with Crippen molar-refractivity contribution in [2.24, 2.45) is 10.7 Å². The van der Waals surface area contributed by atoms with E-state index in [0.29, 0.717) is 18.3 Å². The van der Waals surface area contributed by atoms with Crippen molar-refractivity contribution in [1.82, 2.24) is 15.5 Å². The van der Waals surface area contributed by atoms with Gasteiger partial charge in [-0.1, -0.05) is 6.07 Å². The van der Waals surface area contributed by atoms with Crippen LogP contribution in [0, 0.1) is 0 Å². The molecule has 2 aromatic rings. The molecule has 2 aromatic heterocycles. The van der Waals surface area contributed by atoms with Crippen molar-refractivity contribution < 1.29 is 9.21 Å². The molecule has 1 saturated heterocycles. The molecular formula is C19H27N5O2S. The summed E-state index contributed by atoms with van der Waals surface area (Å²) in [7, 11) is 0. The van der Waals surface area contributed by atoms with Gasteiger partial charge in [0, 0.05) is 18.0 Å². The van der Waals surface area contributed by atoms with Gasteiger partial charge in [-0.3, -0.25) is 9.69 Å². The molecule has 1 fully saturated rings. The fourth-order valence-corrected chi connectivity index (χ4v) is 4.09. The number of primary amides is 1. The first-order valence-corrected chi connectivity index (χ1v) is 10.2. The molecule has 0 bridgehead atoms. The average molecular weight is 390 g/mol. The molecular weight excluding hydrogens is 362 g/mol. The van der Waals surface area contributed by atoms with Gasteiger partial charge < -0.3 is 20.8 Å². The van der Waals surface area contributed by atoms with E-state index >= 15 is 0 Å². The number of rotatable bonds is 8. The molecule has 3 rings (SSSR count). The molecule has 1 amide bonds. The number of carbonyl (C=O) groups is 1. The Kier molecular flexibility index (Phi) is 6.89. The van der Waals surface area contributed by atoms with Gasteiger partial charge in [-0.25, -0.2) is 4.99 Å². The van der Waals surface area contributed by atoms with Gasteiger partial charge >= 0.3 is 0 Å². The lowest BCUT2D eigenvalue weighted by molar-refractivity contribution is 0.0972. The Bertz CT molecular complexity index is 750. The van der Waals surface area contributed by atoms with Crippen LogP contribution in [-0.4, -0.2) is 42.9 Å². The Balaban J connectivity index is 1.64.